The summed E-state index contributed by atoms with van der Waals surface area (Å²) >= 11 is 0. The van der Waals surface area contributed by atoms with Gasteiger partial charge in [-0.15, -0.1) is 12.4 Å². The van der Waals surface area contributed by atoms with E-state index in [4.69, 9.17) is 4.74 Å². The maximum atomic E-state index is 4.97. The molecule has 1 aliphatic rings. The quantitative estimate of drug-likeness (QED) is 0.566. The SMILES string of the molecule is CNC1(C)COC1.Cl. The predicted octanol–water partition coefficient (Wildman–Crippen LogP) is 0.416. The third kappa shape index (κ3) is 1.34. The topological polar surface area (TPSA) is 21.3 Å². The molecule has 50 valence electrons. The molecule has 1 saturated heterocycles. The molecule has 0 spiro atoms. The van der Waals surface area contributed by atoms with Crippen LogP contribution in [0.25, 0.3) is 0 Å². The maximum Gasteiger partial charge on any atom is 0.0669 e. The van der Waals surface area contributed by atoms with Crippen molar-refractivity contribution in [2.75, 3.05) is 20.3 Å². The average Bonchev–Trinajstić information content (AvgIpc) is 1.61. The number of nitrogens with one attached hydrogen (secondary N) is 1. The summed E-state index contributed by atoms with van der Waals surface area (Å²) in [5.41, 5.74) is 0.292. The summed E-state index contributed by atoms with van der Waals surface area (Å²) in [5, 5.41) is 3.15. The molecule has 0 aromatic carbocycles. The molecule has 0 unspecified atom stereocenters. The highest BCUT2D eigenvalue weighted by molar-refractivity contribution is 5.85. The first kappa shape index (κ1) is 8.21. The Morgan fingerprint density at radius 1 is 1.50 bits per heavy atom. The first-order valence-electron chi connectivity index (χ1n) is 2.53. The van der Waals surface area contributed by atoms with E-state index in [1.54, 1.807) is 0 Å². The van der Waals surface area contributed by atoms with Gasteiger partial charge in [0.25, 0.3) is 0 Å². The van der Waals surface area contributed by atoms with Gasteiger partial charge < -0.3 is 10.1 Å². The van der Waals surface area contributed by atoms with Crippen molar-refractivity contribution >= 4 is 12.4 Å². The maximum absolute atomic E-state index is 4.97. The lowest BCUT2D eigenvalue weighted by Crippen LogP contribution is -2.56. The Labute approximate surface area is 56.0 Å². The van der Waals surface area contributed by atoms with Crippen molar-refractivity contribution in [3.63, 3.8) is 0 Å². The van der Waals surface area contributed by atoms with Gasteiger partial charge >= 0.3 is 0 Å². The highest BCUT2D eigenvalue weighted by Gasteiger charge is 2.30. The van der Waals surface area contributed by atoms with E-state index in [2.05, 4.69) is 12.2 Å². The Balaban J connectivity index is 0.000000490. The van der Waals surface area contributed by atoms with Crippen molar-refractivity contribution in [1.29, 1.82) is 0 Å². The van der Waals surface area contributed by atoms with Crippen LogP contribution in [0.2, 0.25) is 0 Å². The lowest BCUT2D eigenvalue weighted by molar-refractivity contribution is -0.0602. The van der Waals surface area contributed by atoms with Crippen LogP contribution in [0.15, 0.2) is 0 Å². The number of hydrogen-bond acceptors (Lipinski definition) is 2. The molecule has 3 heteroatoms. The summed E-state index contributed by atoms with van der Waals surface area (Å²) in [6, 6.07) is 0. The summed E-state index contributed by atoms with van der Waals surface area (Å²) in [6.07, 6.45) is 0. The first-order valence-corrected chi connectivity index (χ1v) is 2.53. The summed E-state index contributed by atoms with van der Waals surface area (Å²) in [7, 11) is 1.96. The second-order valence-electron chi connectivity index (χ2n) is 2.30. The molecule has 8 heavy (non-hydrogen) atoms. The molecule has 0 radical (unpaired) electrons. The van der Waals surface area contributed by atoms with E-state index in [0.717, 1.165) is 13.2 Å². The van der Waals surface area contributed by atoms with Gasteiger partial charge in [0.2, 0.25) is 0 Å². The fourth-order valence-corrected chi connectivity index (χ4v) is 0.553. The predicted molar refractivity (Wildman–Crippen MR) is 35.5 cm³/mol. The van der Waals surface area contributed by atoms with E-state index < -0.39 is 0 Å². The van der Waals surface area contributed by atoms with Crippen molar-refractivity contribution in [2.45, 2.75) is 12.5 Å². The van der Waals surface area contributed by atoms with Gasteiger partial charge in [-0.2, -0.15) is 0 Å². The molecule has 0 aliphatic carbocycles. The van der Waals surface area contributed by atoms with Gasteiger partial charge in [-0.25, -0.2) is 0 Å². The lowest BCUT2D eigenvalue weighted by atomic mass is 10.0. The highest BCUT2D eigenvalue weighted by Crippen LogP contribution is 2.13. The van der Waals surface area contributed by atoms with E-state index in [-0.39, 0.29) is 12.4 Å². The molecule has 1 N–H and O–H groups in total. The van der Waals surface area contributed by atoms with E-state index in [0.29, 0.717) is 5.54 Å². The second-order valence-corrected chi connectivity index (χ2v) is 2.30. The highest BCUT2D eigenvalue weighted by atomic mass is 35.5. The van der Waals surface area contributed by atoms with Crippen LogP contribution in [-0.2, 0) is 4.74 Å². The minimum atomic E-state index is 0. The standard InChI is InChI=1S/C5H11NO.ClH/c1-5(6-2)3-7-4-5;/h6H,3-4H2,1-2H3;1H. The summed E-state index contributed by atoms with van der Waals surface area (Å²) in [6.45, 7) is 3.88. The Morgan fingerprint density at radius 3 is 2.00 bits per heavy atom. The number of hydrogen-bond donors (Lipinski definition) is 1. The van der Waals surface area contributed by atoms with Gasteiger partial charge in [0.05, 0.1) is 18.8 Å². The molecular weight excluding hydrogens is 126 g/mol. The molecule has 1 aliphatic heterocycles. The van der Waals surface area contributed by atoms with Crippen LogP contribution in [0, 0.1) is 0 Å². The molecule has 0 atom stereocenters. The van der Waals surface area contributed by atoms with E-state index >= 15 is 0 Å². The van der Waals surface area contributed by atoms with Gasteiger partial charge in [0.15, 0.2) is 0 Å². The van der Waals surface area contributed by atoms with Crippen molar-refractivity contribution in [3.05, 3.63) is 0 Å². The Bertz CT molecular complexity index is 67.3. The molecule has 0 aromatic rings. The third-order valence-electron chi connectivity index (χ3n) is 1.44. The molecule has 1 rings (SSSR count). The lowest BCUT2D eigenvalue weighted by Gasteiger charge is -2.37. The van der Waals surface area contributed by atoms with Gasteiger partial charge in [-0.05, 0) is 14.0 Å². The number of rotatable bonds is 1. The van der Waals surface area contributed by atoms with Crippen LogP contribution in [0.4, 0.5) is 0 Å². The molecular formula is C5H12ClNO. The van der Waals surface area contributed by atoms with E-state index in [9.17, 15) is 0 Å². The van der Waals surface area contributed by atoms with Crippen molar-refractivity contribution < 1.29 is 4.74 Å². The zero-order chi connectivity index (χ0) is 5.33. The fourth-order valence-electron chi connectivity index (χ4n) is 0.553. The summed E-state index contributed by atoms with van der Waals surface area (Å²) < 4.78 is 4.97. The van der Waals surface area contributed by atoms with Crippen molar-refractivity contribution in [2.24, 2.45) is 0 Å². The molecule has 2 nitrogen and oxygen atoms in total. The van der Waals surface area contributed by atoms with Gasteiger partial charge in [-0.3, -0.25) is 0 Å². The number of likely N-dealkylation sites (N-methyl/N-ethyl adjacent to an activating group) is 1. The molecule has 1 fully saturated rings. The van der Waals surface area contributed by atoms with Gasteiger partial charge in [0.1, 0.15) is 0 Å². The molecule has 1 heterocycles. The van der Waals surface area contributed by atoms with Gasteiger partial charge in [-0.1, -0.05) is 0 Å². The Kier molecular flexibility index (Phi) is 2.74. The van der Waals surface area contributed by atoms with Crippen LogP contribution in [0.1, 0.15) is 6.92 Å². The number of ether oxygens (including phenoxy) is 1. The van der Waals surface area contributed by atoms with Crippen LogP contribution in [-0.4, -0.2) is 25.8 Å². The largest absolute Gasteiger partial charge is 0.377 e. The third-order valence-corrected chi connectivity index (χ3v) is 1.44. The van der Waals surface area contributed by atoms with Crippen molar-refractivity contribution in [1.82, 2.24) is 5.32 Å². The Hall–Kier alpha value is 0.210. The van der Waals surface area contributed by atoms with Crippen LogP contribution in [0.3, 0.4) is 0 Å². The second kappa shape index (κ2) is 2.67. The fraction of sp³-hybridized carbons (Fsp3) is 1.00. The van der Waals surface area contributed by atoms with Crippen molar-refractivity contribution in [3.8, 4) is 0 Å². The van der Waals surface area contributed by atoms with Crippen LogP contribution >= 0.6 is 12.4 Å². The van der Waals surface area contributed by atoms with E-state index in [1.807, 2.05) is 7.05 Å². The zero-order valence-corrected chi connectivity index (χ0v) is 6.05. The van der Waals surface area contributed by atoms with Crippen LogP contribution in [0.5, 0.6) is 0 Å². The molecule has 0 amide bonds. The minimum absolute atomic E-state index is 0. The monoisotopic (exact) mass is 137 g/mol. The average molecular weight is 138 g/mol. The van der Waals surface area contributed by atoms with Gasteiger partial charge in [0, 0.05) is 0 Å². The normalized spacial score (nSPS) is 23.2. The summed E-state index contributed by atoms with van der Waals surface area (Å²) in [4.78, 5) is 0. The smallest absolute Gasteiger partial charge is 0.0669 e. The zero-order valence-electron chi connectivity index (χ0n) is 5.23. The van der Waals surface area contributed by atoms with E-state index in [1.165, 1.54) is 0 Å². The van der Waals surface area contributed by atoms with Crippen LogP contribution < -0.4 is 5.32 Å². The molecule has 0 bridgehead atoms. The first-order chi connectivity index (χ1) is 3.27. The molecule has 0 aromatic heterocycles. The number of halogens is 1. The molecule has 0 saturated carbocycles. The Morgan fingerprint density at radius 2 is 2.00 bits per heavy atom. The minimum Gasteiger partial charge on any atom is -0.377 e. The summed E-state index contributed by atoms with van der Waals surface area (Å²) in [5.74, 6) is 0.